The molecule has 100 valence electrons. The van der Waals surface area contributed by atoms with E-state index in [0.717, 1.165) is 10.6 Å². The molecule has 0 saturated heterocycles. The zero-order valence-corrected chi connectivity index (χ0v) is 11.9. The van der Waals surface area contributed by atoms with Crippen LogP contribution >= 0.6 is 11.3 Å². The highest BCUT2D eigenvalue weighted by atomic mass is 32.1. The van der Waals surface area contributed by atoms with Gasteiger partial charge < -0.3 is 9.47 Å². The van der Waals surface area contributed by atoms with Gasteiger partial charge in [0.1, 0.15) is 0 Å². The van der Waals surface area contributed by atoms with E-state index in [1.165, 1.54) is 22.0 Å². The SMILES string of the molecule is Cc1ncsc1CN(C)C(=O)c1ccn(C)c(=O)c1. The molecule has 0 radical (unpaired) electrons. The molecule has 0 unspecified atom stereocenters. The molecule has 5 nitrogen and oxygen atoms in total. The molecule has 2 rings (SSSR count). The fourth-order valence-electron chi connectivity index (χ4n) is 1.67. The van der Waals surface area contributed by atoms with Crippen molar-refractivity contribution < 1.29 is 4.79 Å². The molecule has 0 atom stereocenters. The Hall–Kier alpha value is -1.95. The average molecular weight is 277 g/mol. The molecule has 0 aliphatic rings. The van der Waals surface area contributed by atoms with Gasteiger partial charge in [-0.25, -0.2) is 4.98 Å². The minimum Gasteiger partial charge on any atom is -0.336 e. The predicted molar refractivity (Wildman–Crippen MR) is 74.3 cm³/mol. The lowest BCUT2D eigenvalue weighted by Gasteiger charge is -2.16. The van der Waals surface area contributed by atoms with Gasteiger partial charge in [-0.3, -0.25) is 9.59 Å². The summed E-state index contributed by atoms with van der Waals surface area (Å²) in [5.41, 5.74) is 2.93. The number of pyridine rings is 1. The Labute approximate surface area is 115 Å². The Morgan fingerprint density at radius 3 is 2.84 bits per heavy atom. The summed E-state index contributed by atoms with van der Waals surface area (Å²) in [5.74, 6) is -0.162. The molecule has 2 aromatic rings. The fraction of sp³-hybridized carbons (Fsp3) is 0.308. The van der Waals surface area contributed by atoms with Crippen molar-refractivity contribution in [2.45, 2.75) is 13.5 Å². The minimum atomic E-state index is -0.187. The summed E-state index contributed by atoms with van der Waals surface area (Å²) in [6, 6.07) is 3.01. The van der Waals surface area contributed by atoms with E-state index in [-0.39, 0.29) is 11.5 Å². The summed E-state index contributed by atoms with van der Waals surface area (Å²) in [6.45, 7) is 2.42. The van der Waals surface area contributed by atoms with E-state index in [2.05, 4.69) is 4.98 Å². The van der Waals surface area contributed by atoms with Gasteiger partial charge in [0.15, 0.2) is 0 Å². The Balaban J connectivity index is 2.17. The predicted octanol–water partition coefficient (Wildman–Crippen LogP) is 1.42. The highest BCUT2D eigenvalue weighted by Crippen LogP contribution is 2.15. The van der Waals surface area contributed by atoms with E-state index in [1.807, 2.05) is 6.92 Å². The van der Waals surface area contributed by atoms with Crippen LogP contribution in [0.2, 0.25) is 0 Å². The van der Waals surface area contributed by atoms with Crippen molar-refractivity contribution >= 4 is 17.2 Å². The number of aryl methyl sites for hydroxylation is 2. The molecule has 2 aromatic heterocycles. The Morgan fingerprint density at radius 1 is 1.53 bits per heavy atom. The van der Waals surface area contributed by atoms with Gasteiger partial charge in [0.25, 0.3) is 11.5 Å². The van der Waals surface area contributed by atoms with Crippen LogP contribution < -0.4 is 5.56 Å². The molecular formula is C13H15N3O2S. The van der Waals surface area contributed by atoms with Crippen molar-refractivity contribution in [3.05, 3.63) is 50.3 Å². The molecule has 6 heteroatoms. The van der Waals surface area contributed by atoms with E-state index in [0.29, 0.717) is 12.1 Å². The maximum Gasteiger partial charge on any atom is 0.254 e. The van der Waals surface area contributed by atoms with Crippen molar-refractivity contribution in [1.29, 1.82) is 0 Å². The van der Waals surface area contributed by atoms with Crippen LogP contribution in [-0.4, -0.2) is 27.4 Å². The summed E-state index contributed by atoms with van der Waals surface area (Å²) < 4.78 is 1.43. The zero-order valence-electron chi connectivity index (χ0n) is 11.1. The van der Waals surface area contributed by atoms with E-state index in [4.69, 9.17) is 0 Å². The van der Waals surface area contributed by atoms with Crippen LogP contribution in [0.5, 0.6) is 0 Å². The fourth-order valence-corrected chi connectivity index (χ4v) is 2.50. The van der Waals surface area contributed by atoms with Crippen molar-refractivity contribution in [2.24, 2.45) is 7.05 Å². The molecule has 0 aliphatic heterocycles. The van der Waals surface area contributed by atoms with Gasteiger partial charge in [-0.2, -0.15) is 0 Å². The molecule has 0 fully saturated rings. The molecule has 19 heavy (non-hydrogen) atoms. The van der Waals surface area contributed by atoms with E-state index < -0.39 is 0 Å². The number of thiazole rings is 1. The number of rotatable bonds is 3. The third kappa shape index (κ3) is 2.90. The first-order chi connectivity index (χ1) is 8.99. The Bertz CT molecular complexity index is 660. The monoisotopic (exact) mass is 277 g/mol. The molecule has 0 bridgehead atoms. The molecule has 2 heterocycles. The molecular weight excluding hydrogens is 262 g/mol. The lowest BCUT2D eigenvalue weighted by Crippen LogP contribution is -2.28. The zero-order chi connectivity index (χ0) is 14.0. The summed E-state index contributed by atoms with van der Waals surface area (Å²) in [5, 5.41) is 0. The van der Waals surface area contributed by atoms with Crippen LogP contribution in [0, 0.1) is 6.92 Å². The van der Waals surface area contributed by atoms with E-state index in [9.17, 15) is 9.59 Å². The first kappa shape index (κ1) is 13.5. The molecule has 1 amide bonds. The van der Waals surface area contributed by atoms with Crippen molar-refractivity contribution in [3.8, 4) is 0 Å². The van der Waals surface area contributed by atoms with Crippen LogP contribution in [0.25, 0.3) is 0 Å². The summed E-state index contributed by atoms with van der Waals surface area (Å²) in [7, 11) is 3.37. The van der Waals surface area contributed by atoms with Crippen LogP contribution in [-0.2, 0) is 13.6 Å². The summed E-state index contributed by atoms with van der Waals surface area (Å²) in [4.78, 5) is 30.5. The van der Waals surface area contributed by atoms with Crippen LogP contribution in [0.4, 0.5) is 0 Å². The van der Waals surface area contributed by atoms with Gasteiger partial charge in [0, 0.05) is 36.8 Å². The van der Waals surface area contributed by atoms with Gasteiger partial charge in [0.05, 0.1) is 17.7 Å². The average Bonchev–Trinajstić information content (AvgIpc) is 2.77. The first-order valence-electron chi connectivity index (χ1n) is 5.80. The number of carbonyl (C=O) groups excluding carboxylic acids is 1. The lowest BCUT2D eigenvalue weighted by atomic mass is 10.2. The normalized spacial score (nSPS) is 10.5. The Kier molecular flexibility index (Phi) is 3.80. The lowest BCUT2D eigenvalue weighted by molar-refractivity contribution is 0.0786. The minimum absolute atomic E-state index is 0.162. The smallest absolute Gasteiger partial charge is 0.254 e. The van der Waals surface area contributed by atoms with Gasteiger partial charge in [-0.05, 0) is 13.0 Å². The van der Waals surface area contributed by atoms with Crippen molar-refractivity contribution in [3.63, 3.8) is 0 Å². The van der Waals surface area contributed by atoms with Crippen LogP contribution in [0.15, 0.2) is 28.6 Å². The number of carbonyl (C=O) groups is 1. The highest BCUT2D eigenvalue weighted by Gasteiger charge is 2.14. The summed E-state index contributed by atoms with van der Waals surface area (Å²) >= 11 is 1.53. The number of nitrogens with zero attached hydrogens (tertiary/aromatic N) is 3. The van der Waals surface area contributed by atoms with Crippen LogP contribution in [0.1, 0.15) is 20.9 Å². The van der Waals surface area contributed by atoms with Gasteiger partial charge >= 0.3 is 0 Å². The number of hydrogen-bond acceptors (Lipinski definition) is 4. The molecule has 0 aromatic carbocycles. The highest BCUT2D eigenvalue weighted by molar-refractivity contribution is 7.09. The topological polar surface area (TPSA) is 55.2 Å². The second kappa shape index (κ2) is 5.36. The quantitative estimate of drug-likeness (QED) is 0.852. The molecule has 0 saturated carbocycles. The number of aromatic nitrogens is 2. The largest absolute Gasteiger partial charge is 0.336 e. The van der Waals surface area contributed by atoms with Gasteiger partial charge in [-0.1, -0.05) is 0 Å². The second-order valence-electron chi connectivity index (χ2n) is 4.39. The maximum absolute atomic E-state index is 12.2. The maximum atomic E-state index is 12.2. The molecule has 0 spiro atoms. The Morgan fingerprint density at radius 2 is 2.26 bits per heavy atom. The standard InChI is InChI=1S/C13H15N3O2S/c1-9-11(19-8-14-9)7-16(3)13(18)10-4-5-15(2)12(17)6-10/h4-6,8H,7H2,1-3H3. The van der Waals surface area contributed by atoms with Crippen molar-refractivity contribution in [2.75, 3.05) is 7.05 Å². The third-order valence-electron chi connectivity index (χ3n) is 2.92. The van der Waals surface area contributed by atoms with Crippen LogP contribution in [0.3, 0.4) is 0 Å². The number of hydrogen-bond donors (Lipinski definition) is 0. The van der Waals surface area contributed by atoms with E-state index in [1.54, 1.807) is 36.8 Å². The van der Waals surface area contributed by atoms with E-state index >= 15 is 0 Å². The van der Waals surface area contributed by atoms with Gasteiger partial charge in [-0.15, -0.1) is 11.3 Å². The van der Waals surface area contributed by atoms with Crippen molar-refractivity contribution in [1.82, 2.24) is 14.5 Å². The second-order valence-corrected chi connectivity index (χ2v) is 5.33. The molecule has 0 N–H and O–H groups in total. The third-order valence-corrected chi connectivity index (χ3v) is 3.84. The first-order valence-corrected chi connectivity index (χ1v) is 6.68. The number of amides is 1. The summed E-state index contributed by atoms with van der Waals surface area (Å²) in [6.07, 6.45) is 1.60. The molecule has 0 aliphatic carbocycles. The van der Waals surface area contributed by atoms with Gasteiger partial charge in [0.2, 0.25) is 0 Å².